The molecule has 0 aliphatic carbocycles. The number of pyridine rings is 1. The summed E-state index contributed by atoms with van der Waals surface area (Å²) in [4.78, 5) is 4.50. The maximum atomic E-state index is 10.1. The number of benzene rings is 1. The van der Waals surface area contributed by atoms with Crippen LogP contribution in [0.25, 0.3) is 23.0 Å². The molecule has 0 radical (unpaired) electrons. The van der Waals surface area contributed by atoms with Gasteiger partial charge in [-0.3, -0.25) is 4.98 Å². The zero-order valence-electron chi connectivity index (χ0n) is 16.0. The van der Waals surface area contributed by atoms with Crippen molar-refractivity contribution in [3.63, 3.8) is 0 Å². The van der Waals surface area contributed by atoms with Crippen molar-refractivity contribution in [1.82, 2.24) is 15.2 Å². The van der Waals surface area contributed by atoms with Crippen LogP contribution in [0.5, 0.6) is 5.75 Å². The fourth-order valence-corrected chi connectivity index (χ4v) is 3.04. The van der Waals surface area contributed by atoms with Gasteiger partial charge in [0, 0.05) is 11.8 Å². The molecule has 0 spiro atoms. The van der Waals surface area contributed by atoms with Crippen LogP contribution >= 0.6 is 0 Å². The minimum absolute atomic E-state index is 0.328. The molecule has 0 unspecified atom stereocenters. The molecule has 0 aliphatic heterocycles. The second kappa shape index (κ2) is 7.28. The van der Waals surface area contributed by atoms with E-state index in [4.69, 9.17) is 4.42 Å². The van der Waals surface area contributed by atoms with Gasteiger partial charge < -0.3 is 9.52 Å². The van der Waals surface area contributed by atoms with Gasteiger partial charge in [0.05, 0.1) is 0 Å². The third kappa shape index (κ3) is 3.62. The monoisotopic (exact) mass is 351 g/mol. The van der Waals surface area contributed by atoms with E-state index in [1.165, 1.54) is 11.1 Å². The number of phenolic OH excluding ortho intramolecular Hbond substituents is 1. The number of hydrogen-bond acceptors (Lipinski definition) is 5. The number of rotatable bonds is 5. The molecule has 0 fully saturated rings. The van der Waals surface area contributed by atoms with Crippen LogP contribution in [0.3, 0.4) is 0 Å². The van der Waals surface area contributed by atoms with E-state index in [2.05, 4.69) is 36.0 Å². The number of phenols is 1. The lowest BCUT2D eigenvalue weighted by molar-refractivity contribution is 0.464. The van der Waals surface area contributed by atoms with E-state index in [9.17, 15) is 5.11 Å². The first-order chi connectivity index (χ1) is 12.4. The van der Waals surface area contributed by atoms with Crippen molar-refractivity contribution in [2.24, 2.45) is 5.92 Å². The third-order valence-electron chi connectivity index (χ3n) is 4.50. The van der Waals surface area contributed by atoms with Gasteiger partial charge in [0.2, 0.25) is 5.89 Å². The predicted molar refractivity (Wildman–Crippen MR) is 102 cm³/mol. The van der Waals surface area contributed by atoms with Gasteiger partial charge in [0.15, 0.2) is 0 Å². The van der Waals surface area contributed by atoms with Gasteiger partial charge >= 0.3 is 0 Å². The zero-order valence-corrected chi connectivity index (χ0v) is 16.0. The molecule has 3 aromatic rings. The largest absolute Gasteiger partial charge is 0.507 e. The van der Waals surface area contributed by atoms with Gasteiger partial charge in [-0.1, -0.05) is 20.8 Å². The maximum Gasteiger partial charge on any atom is 0.266 e. The lowest BCUT2D eigenvalue weighted by Crippen LogP contribution is -1.98. The molecule has 0 atom stereocenters. The summed E-state index contributed by atoms with van der Waals surface area (Å²) in [6.45, 7) is 10.3. The molecule has 2 heterocycles. The van der Waals surface area contributed by atoms with Crippen LogP contribution in [0.15, 0.2) is 28.8 Å². The third-order valence-corrected chi connectivity index (χ3v) is 4.50. The summed E-state index contributed by atoms with van der Waals surface area (Å²) in [5.74, 6) is 1.75. The summed E-state index contributed by atoms with van der Waals surface area (Å²) in [5.41, 5.74) is 5.57. The Kier molecular flexibility index (Phi) is 5.07. The van der Waals surface area contributed by atoms with Crippen LogP contribution < -0.4 is 0 Å². The topological polar surface area (TPSA) is 72.0 Å². The average molecular weight is 351 g/mol. The second-order valence-electron chi connectivity index (χ2n) is 7.16. The van der Waals surface area contributed by atoms with E-state index in [0.29, 0.717) is 29.1 Å². The van der Waals surface area contributed by atoms with Gasteiger partial charge in [0.25, 0.3) is 5.89 Å². The number of aryl methyl sites for hydroxylation is 3. The second-order valence-corrected chi connectivity index (χ2v) is 7.16. The number of hydrogen-bond donors (Lipinski definition) is 1. The van der Waals surface area contributed by atoms with Crippen molar-refractivity contribution in [1.29, 1.82) is 0 Å². The van der Waals surface area contributed by atoms with Crippen molar-refractivity contribution in [3.05, 3.63) is 46.6 Å². The van der Waals surface area contributed by atoms with E-state index in [0.717, 1.165) is 29.5 Å². The van der Waals surface area contributed by atoms with Crippen LogP contribution in [0.2, 0.25) is 0 Å². The minimum Gasteiger partial charge on any atom is -0.507 e. The standard InChI is InChI=1S/C21H25N3O2/c1-6-15-10-16(8-14(5)19(15)25)20-23-24-21(26-20)18-9-13(4)17(11-22-18)7-12(2)3/h8-12,25H,6-7H2,1-5H3. The summed E-state index contributed by atoms with van der Waals surface area (Å²) in [6.07, 6.45) is 3.63. The zero-order chi connectivity index (χ0) is 18.8. The molecule has 1 N–H and O–H groups in total. The Morgan fingerprint density at radius 1 is 1.00 bits per heavy atom. The van der Waals surface area contributed by atoms with Crippen molar-refractivity contribution >= 4 is 0 Å². The normalized spacial score (nSPS) is 11.3. The van der Waals surface area contributed by atoms with Crippen LogP contribution in [-0.4, -0.2) is 20.3 Å². The summed E-state index contributed by atoms with van der Waals surface area (Å²) >= 11 is 0. The smallest absolute Gasteiger partial charge is 0.266 e. The first kappa shape index (κ1) is 18.1. The number of nitrogens with zero attached hydrogens (tertiary/aromatic N) is 3. The van der Waals surface area contributed by atoms with E-state index in [1.54, 1.807) is 0 Å². The lowest BCUT2D eigenvalue weighted by atomic mass is 10.0. The highest BCUT2D eigenvalue weighted by atomic mass is 16.4. The molecular formula is C21H25N3O2. The minimum atomic E-state index is 0.328. The quantitative estimate of drug-likeness (QED) is 0.709. The van der Waals surface area contributed by atoms with Crippen LogP contribution in [0.4, 0.5) is 0 Å². The molecule has 5 heteroatoms. The summed E-state index contributed by atoms with van der Waals surface area (Å²) in [6, 6.07) is 5.74. The number of aromatic hydroxyl groups is 1. The van der Waals surface area contributed by atoms with E-state index in [1.807, 2.05) is 38.2 Å². The Labute approximate surface area is 154 Å². The van der Waals surface area contributed by atoms with Gasteiger partial charge in [-0.25, -0.2) is 0 Å². The van der Waals surface area contributed by atoms with Crippen molar-refractivity contribution in [3.8, 4) is 28.8 Å². The van der Waals surface area contributed by atoms with Gasteiger partial charge in [-0.15, -0.1) is 10.2 Å². The molecule has 0 amide bonds. The molecule has 136 valence electrons. The van der Waals surface area contributed by atoms with Crippen LogP contribution in [0.1, 0.15) is 43.0 Å². The fraction of sp³-hybridized carbons (Fsp3) is 0.381. The molecule has 1 aromatic carbocycles. The molecule has 26 heavy (non-hydrogen) atoms. The van der Waals surface area contributed by atoms with E-state index in [-0.39, 0.29) is 0 Å². The molecule has 0 bridgehead atoms. The fourth-order valence-electron chi connectivity index (χ4n) is 3.04. The Hall–Kier alpha value is -2.69. The highest BCUT2D eigenvalue weighted by Gasteiger charge is 2.15. The Morgan fingerprint density at radius 3 is 2.38 bits per heavy atom. The lowest BCUT2D eigenvalue weighted by Gasteiger charge is -2.08. The molecule has 5 nitrogen and oxygen atoms in total. The Morgan fingerprint density at radius 2 is 1.73 bits per heavy atom. The average Bonchev–Trinajstić information content (AvgIpc) is 3.08. The molecular weight excluding hydrogens is 326 g/mol. The predicted octanol–water partition coefficient (Wildman–Crippen LogP) is 4.88. The Balaban J connectivity index is 1.93. The molecule has 0 saturated carbocycles. The summed E-state index contributed by atoms with van der Waals surface area (Å²) in [7, 11) is 0. The van der Waals surface area contributed by atoms with Crippen molar-refractivity contribution in [2.45, 2.75) is 47.5 Å². The highest BCUT2D eigenvalue weighted by molar-refractivity contribution is 5.61. The van der Waals surface area contributed by atoms with Gasteiger partial charge in [0.1, 0.15) is 11.4 Å². The Bertz CT molecular complexity index is 929. The van der Waals surface area contributed by atoms with Crippen molar-refractivity contribution in [2.75, 3.05) is 0 Å². The summed E-state index contributed by atoms with van der Waals surface area (Å²) in [5, 5.41) is 18.4. The van der Waals surface area contributed by atoms with Crippen LogP contribution in [-0.2, 0) is 12.8 Å². The first-order valence-electron chi connectivity index (χ1n) is 9.01. The van der Waals surface area contributed by atoms with Gasteiger partial charge in [-0.05, 0) is 73.1 Å². The summed E-state index contributed by atoms with van der Waals surface area (Å²) < 4.78 is 5.86. The van der Waals surface area contributed by atoms with Crippen LogP contribution in [0, 0.1) is 19.8 Å². The molecule has 0 saturated heterocycles. The van der Waals surface area contributed by atoms with E-state index < -0.39 is 0 Å². The van der Waals surface area contributed by atoms with Crippen molar-refractivity contribution < 1.29 is 9.52 Å². The molecule has 2 aromatic heterocycles. The van der Waals surface area contributed by atoms with E-state index >= 15 is 0 Å². The molecule has 0 aliphatic rings. The SMILES string of the molecule is CCc1cc(-c2nnc(-c3cc(C)c(CC(C)C)cn3)o2)cc(C)c1O. The number of aromatic nitrogens is 3. The first-order valence-corrected chi connectivity index (χ1v) is 9.01. The molecule has 3 rings (SSSR count). The maximum absolute atomic E-state index is 10.1. The van der Waals surface area contributed by atoms with Gasteiger partial charge in [-0.2, -0.15) is 0 Å². The highest BCUT2D eigenvalue weighted by Crippen LogP contribution is 2.31.